The van der Waals surface area contributed by atoms with Crippen LogP contribution in [0.1, 0.15) is 38.5 Å². The van der Waals surface area contributed by atoms with Gasteiger partial charge in [0.15, 0.2) is 0 Å². The topological polar surface area (TPSA) is 40.9 Å². The third-order valence-corrected chi connectivity index (χ3v) is 3.12. The number of rotatable bonds is 1. The maximum atomic E-state index is 10.9. The largest absolute Gasteiger partial charge is 0.300 e. The molecule has 0 aromatic carbocycles. The molecule has 0 aromatic rings. The second-order valence-electron chi connectivity index (χ2n) is 4.06. The smallest absolute Gasteiger partial charge is 0.136 e. The van der Waals surface area contributed by atoms with Crippen LogP contribution < -0.4 is 0 Å². The normalized spacial score (nSPS) is 25.8. The van der Waals surface area contributed by atoms with Crippen molar-refractivity contribution in [1.29, 1.82) is 5.26 Å². The van der Waals surface area contributed by atoms with Gasteiger partial charge in [-0.15, -0.1) is 0 Å². The van der Waals surface area contributed by atoms with Gasteiger partial charge >= 0.3 is 0 Å². The first-order valence-electron chi connectivity index (χ1n) is 4.89. The second-order valence-corrected chi connectivity index (χ2v) is 4.06. The highest BCUT2D eigenvalue weighted by Gasteiger charge is 2.46. The zero-order chi connectivity index (χ0) is 9.31. The summed E-state index contributed by atoms with van der Waals surface area (Å²) in [6.07, 6.45) is 7.65. The molecule has 0 spiro atoms. The summed E-state index contributed by atoms with van der Waals surface area (Å²) in [5, 5.41) is 9.06. The number of ketones is 1. The highest BCUT2D eigenvalue weighted by Crippen LogP contribution is 2.47. The van der Waals surface area contributed by atoms with Crippen molar-refractivity contribution >= 4 is 5.78 Å². The molecule has 2 rings (SSSR count). The van der Waals surface area contributed by atoms with Gasteiger partial charge in [-0.3, -0.25) is 4.79 Å². The average Bonchev–Trinajstić information content (AvgIpc) is 2.14. The summed E-state index contributed by atoms with van der Waals surface area (Å²) in [7, 11) is 0. The van der Waals surface area contributed by atoms with Gasteiger partial charge in [-0.1, -0.05) is 11.6 Å². The first-order valence-corrected chi connectivity index (χ1v) is 4.89. The van der Waals surface area contributed by atoms with Gasteiger partial charge in [0, 0.05) is 12.8 Å². The van der Waals surface area contributed by atoms with Gasteiger partial charge in [0.25, 0.3) is 0 Å². The minimum absolute atomic E-state index is 0.244. The van der Waals surface area contributed by atoms with Gasteiger partial charge in [-0.2, -0.15) is 5.26 Å². The van der Waals surface area contributed by atoms with E-state index in [9.17, 15) is 4.79 Å². The molecule has 13 heavy (non-hydrogen) atoms. The quantitative estimate of drug-likeness (QED) is 0.574. The Hall–Kier alpha value is -1.10. The number of carbonyl (C=O) groups excluding carboxylic acids is 1. The van der Waals surface area contributed by atoms with Gasteiger partial charge in [0.05, 0.1) is 11.5 Å². The van der Waals surface area contributed by atoms with E-state index in [1.807, 2.05) is 0 Å². The molecule has 1 saturated carbocycles. The molecule has 0 aliphatic heterocycles. The SMILES string of the molecule is N#CC1(C2=CCCCC2)CC(=O)C1. The van der Waals surface area contributed by atoms with Crippen molar-refractivity contribution in [1.82, 2.24) is 0 Å². The molecule has 2 aliphatic rings. The molecule has 0 atom stereocenters. The first kappa shape index (κ1) is 8.50. The number of Topliss-reactive ketones (excluding diaryl/α,β-unsaturated/α-hetero) is 1. The first-order chi connectivity index (χ1) is 6.27. The molecule has 0 unspecified atom stereocenters. The third kappa shape index (κ3) is 1.29. The highest BCUT2D eigenvalue weighted by atomic mass is 16.1. The van der Waals surface area contributed by atoms with Crippen LogP contribution in [0.3, 0.4) is 0 Å². The van der Waals surface area contributed by atoms with E-state index in [2.05, 4.69) is 12.1 Å². The summed E-state index contributed by atoms with van der Waals surface area (Å²) in [5.74, 6) is 0.244. The third-order valence-electron chi connectivity index (χ3n) is 3.12. The van der Waals surface area contributed by atoms with Crippen molar-refractivity contribution in [3.63, 3.8) is 0 Å². The van der Waals surface area contributed by atoms with Crippen LogP contribution in [0, 0.1) is 16.7 Å². The maximum absolute atomic E-state index is 10.9. The fourth-order valence-corrected chi connectivity index (χ4v) is 2.27. The molecule has 0 aromatic heterocycles. The van der Waals surface area contributed by atoms with Gasteiger partial charge in [-0.25, -0.2) is 0 Å². The summed E-state index contributed by atoms with van der Waals surface area (Å²) in [5.41, 5.74) is 0.859. The maximum Gasteiger partial charge on any atom is 0.136 e. The fraction of sp³-hybridized carbons (Fsp3) is 0.636. The molecule has 1 fully saturated rings. The number of hydrogen-bond donors (Lipinski definition) is 0. The van der Waals surface area contributed by atoms with E-state index in [-0.39, 0.29) is 11.2 Å². The Labute approximate surface area is 78.2 Å². The van der Waals surface area contributed by atoms with Crippen LogP contribution in [0.2, 0.25) is 0 Å². The monoisotopic (exact) mass is 175 g/mol. The Morgan fingerprint density at radius 2 is 2.15 bits per heavy atom. The van der Waals surface area contributed by atoms with Crippen LogP contribution in [0.4, 0.5) is 0 Å². The summed E-state index contributed by atoms with van der Waals surface area (Å²) in [6.45, 7) is 0. The lowest BCUT2D eigenvalue weighted by molar-refractivity contribution is -0.128. The number of allylic oxidation sites excluding steroid dienone is 2. The average molecular weight is 175 g/mol. The second kappa shape index (κ2) is 2.99. The molecule has 0 N–H and O–H groups in total. The minimum Gasteiger partial charge on any atom is -0.300 e. The molecule has 0 amide bonds. The molecule has 2 aliphatic carbocycles. The Balaban J connectivity index is 2.18. The summed E-state index contributed by atoms with van der Waals surface area (Å²) in [6, 6.07) is 2.33. The van der Waals surface area contributed by atoms with Crippen LogP contribution in [-0.2, 0) is 4.79 Å². The summed E-state index contributed by atoms with van der Waals surface area (Å²) in [4.78, 5) is 10.9. The van der Waals surface area contributed by atoms with Crippen molar-refractivity contribution in [2.75, 3.05) is 0 Å². The summed E-state index contributed by atoms with van der Waals surface area (Å²) < 4.78 is 0. The highest BCUT2D eigenvalue weighted by molar-refractivity contribution is 5.88. The van der Waals surface area contributed by atoms with E-state index in [1.54, 1.807) is 0 Å². The Morgan fingerprint density at radius 3 is 2.62 bits per heavy atom. The van der Waals surface area contributed by atoms with Crippen LogP contribution >= 0.6 is 0 Å². The fourth-order valence-electron chi connectivity index (χ4n) is 2.27. The molecule has 2 nitrogen and oxygen atoms in total. The molecule has 0 radical (unpaired) electrons. The van der Waals surface area contributed by atoms with Crippen LogP contribution in [0.15, 0.2) is 11.6 Å². The van der Waals surface area contributed by atoms with Crippen molar-refractivity contribution in [3.05, 3.63) is 11.6 Å². The zero-order valence-corrected chi connectivity index (χ0v) is 7.68. The van der Waals surface area contributed by atoms with E-state index in [0.29, 0.717) is 12.8 Å². The standard InChI is InChI=1S/C11H13NO/c12-8-11(6-10(13)7-11)9-4-2-1-3-5-9/h4H,1-3,5-7H2. The number of nitrogens with zero attached hydrogens (tertiary/aromatic N) is 1. The minimum atomic E-state index is -0.377. The van der Waals surface area contributed by atoms with Crippen LogP contribution in [0.25, 0.3) is 0 Å². The predicted molar refractivity (Wildman–Crippen MR) is 48.8 cm³/mol. The molecule has 68 valence electrons. The van der Waals surface area contributed by atoms with Crippen LogP contribution in [-0.4, -0.2) is 5.78 Å². The van der Waals surface area contributed by atoms with E-state index in [4.69, 9.17) is 5.26 Å². The molecule has 0 heterocycles. The van der Waals surface area contributed by atoms with Crippen molar-refractivity contribution < 1.29 is 4.79 Å². The lowest BCUT2D eigenvalue weighted by atomic mass is 9.62. The van der Waals surface area contributed by atoms with E-state index in [0.717, 1.165) is 12.8 Å². The lowest BCUT2D eigenvalue weighted by Gasteiger charge is -2.37. The molecular formula is C11H13NO. The Bertz CT molecular complexity index is 301. The Kier molecular flexibility index (Phi) is 1.95. The van der Waals surface area contributed by atoms with Crippen molar-refractivity contribution in [2.24, 2.45) is 5.41 Å². The van der Waals surface area contributed by atoms with E-state index >= 15 is 0 Å². The number of nitriles is 1. The molecule has 2 heteroatoms. The number of carbonyl (C=O) groups is 1. The van der Waals surface area contributed by atoms with Crippen molar-refractivity contribution in [2.45, 2.75) is 38.5 Å². The van der Waals surface area contributed by atoms with Crippen LogP contribution in [0.5, 0.6) is 0 Å². The van der Waals surface area contributed by atoms with Gasteiger partial charge < -0.3 is 0 Å². The van der Waals surface area contributed by atoms with Crippen molar-refractivity contribution in [3.8, 4) is 6.07 Å². The lowest BCUT2D eigenvalue weighted by Crippen LogP contribution is -2.38. The number of hydrogen-bond acceptors (Lipinski definition) is 2. The predicted octanol–water partition coefficient (Wildman–Crippen LogP) is 2.36. The summed E-state index contributed by atoms with van der Waals surface area (Å²) >= 11 is 0. The van der Waals surface area contributed by atoms with E-state index in [1.165, 1.54) is 18.4 Å². The molecule has 0 bridgehead atoms. The van der Waals surface area contributed by atoms with E-state index < -0.39 is 0 Å². The van der Waals surface area contributed by atoms with Gasteiger partial charge in [-0.05, 0) is 25.7 Å². The molecular weight excluding hydrogens is 162 g/mol. The Morgan fingerprint density at radius 1 is 1.38 bits per heavy atom. The molecule has 0 saturated heterocycles. The van der Waals surface area contributed by atoms with Gasteiger partial charge in [0.1, 0.15) is 5.78 Å². The van der Waals surface area contributed by atoms with Gasteiger partial charge in [0.2, 0.25) is 0 Å². The zero-order valence-electron chi connectivity index (χ0n) is 7.68.